The zero-order valence-electron chi connectivity index (χ0n) is 62.2. The molecule has 0 aromatic heterocycles. The van der Waals surface area contributed by atoms with Gasteiger partial charge in [-0.1, -0.05) is 261 Å². The number of carbonyl (C=O) groups is 4. The summed E-state index contributed by atoms with van der Waals surface area (Å²) in [6.45, 7) is 17.8. The van der Waals surface area contributed by atoms with Gasteiger partial charge < -0.3 is 24.1 Å². The fourth-order valence-corrected chi connectivity index (χ4v) is 13.1. The van der Waals surface area contributed by atoms with Crippen molar-refractivity contribution in [3.63, 3.8) is 0 Å². The molecular weight excluding hydrogens is 1170 g/mol. The number of esters is 4. The molecule has 0 unspecified atom stereocenters. The molecule has 12 nitrogen and oxygen atoms in total. The molecule has 1 N–H and O–H groups in total. The Hall–Kier alpha value is -2.25. The van der Waals surface area contributed by atoms with Gasteiger partial charge in [-0.05, 0) is 154 Å². The zero-order valence-corrected chi connectivity index (χ0v) is 63.1. The van der Waals surface area contributed by atoms with Crippen LogP contribution in [0.3, 0.4) is 0 Å². The fourth-order valence-electron chi connectivity index (χ4n) is 12.4. The van der Waals surface area contributed by atoms with Crippen LogP contribution in [0.5, 0.6) is 0 Å². The van der Waals surface area contributed by atoms with E-state index >= 15 is 0 Å². The maximum atomic E-state index is 12.8. The highest BCUT2D eigenvalue weighted by Crippen LogP contribution is 2.24. The van der Waals surface area contributed by atoms with Gasteiger partial charge >= 0.3 is 23.9 Å². The first kappa shape index (κ1) is 91.8. The molecule has 548 valence electrons. The van der Waals surface area contributed by atoms with Crippen LogP contribution in [0.2, 0.25) is 0 Å². The van der Waals surface area contributed by atoms with Crippen molar-refractivity contribution in [3.8, 4) is 0 Å². The lowest BCUT2D eigenvalue weighted by Gasteiger charge is -2.20. The molecule has 0 aliphatic heterocycles. The predicted octanol–water partition coefficient (Wildman–Crippen LogP) is 23.9. The lowest BCUT2D eigenvalue weighted by Crippen LogP contribution is -2.21. The highest BCUT2D eigenvalue weighted by atomic mass is 32.2. The van der Waals surface area contributed by atoms with Gasteiger partial charge in [0.1, 0.15) is 24.4 Å². The van der Waals surface area contributed by atoms with Gasteiger partial charge in [0.05, 0.1) is 18.5 Å². The summed E-state index contributed by atoms with van der Waals surface area (Å²) in [7, 11) is -3.66. The maximum absolute atomic E-state index is 12.8. The van der Waals surface area contributed by atoms with Gasteiger partial charge in [0, 0.05) is 25.7 Å². The number of unbranched alkanes of at least 4 members (excludes halogenated alkanes) is 32. The van der Waals surface area contributed by atoms with E-state index in [-0.39, 0.29) is 61.1 Å². The quantitative estimate of drug-likeness (QED) is 0.0265. The average molecular weight is 1330 g/mol. The van der Waals surface area contributed by atoms with Crippen LogP contribution in [0, 0.1) is 0 Å². The van der Waals surface area contributed by atoms with Gasteiger partial charge in [-0.25, -0.2) is 0 Å². The average Bonchev–Trinajstić information content (AvgIpc) is 3.64. The van der Waals surface area contributed by atoms with Crippen molar-refractivity contribution in [3.05, 3.63) is 0 Å². The molecule has 0 amide bonds. The van der Waals surface area contributed by atoms with E-state index in [0.29, 0.717) is 64.2 Å². The molecule has 0 bridgehead atoms. The summed E-state index contributed by atoms with van der Waals surface area (Å²) in [6, 6.07) is 0. The third-order valence-corrected chi connectivity index (χ3v) is 18.8. The first-order valence-electron chi connectivity index (χ1n) is 39.9. The highest BCUT2D eigenvalue weighted by molar-refractivity contribution is 7.86. The molecule has 0 radical (unpaired) electrons. The van der Waals surface area contributed by atoms with Crippen molar-refractivity contribution in [2.75, 3.05) is 6.26 Å². The van der Waals surface area contributed by atoms with Crippen molar-refractivity contribution in [2.24, 2.45) is 0 Å². The highest BCUT2D eigenvalue weighted by Gasteiger charge is 2.22. The van der Waals surface area contributed by atoms with Gasteiger partial charge in [-0.15, -0.1) is 0 Å². The molecule has 0 saturated heterocycles. The molecule has 0 aliphatic rings. The van der Waals surface area contributed by atoms with Crippen molar-refractivity contribution in [2.45, 2.75) is 477 Å². The number of carbonyl (C=O) groups excluding carboxylic acids is 4. The Bertz CT molecular complexity index is 1550. The first-order valence-corrected chi connectivity index (χ1v) is 41.8. The van der Waals surface area contributed by atoms with Crippen molar-refractivity contribution in [1.82, 2.24) is 0 Å². The number of rotatable bonds is 70. The van der Waals surface area contributed by atoms with Crippen LogP contribution in [0.4, 0.5) is 0 Å². The van der Waals surface area contributed by atoms with Crippen LogP contribution in [0.25, 0.3) is 0 Å². The molecule has 92 heavy (non-hydrogen) atoms. The van der Waals surface area contributed by atoms with Gasteiger partial charge in [0.25, 0.3) is 10.1 Å². The van der Waals surface area contributed by atoms with Crippen LogP contribution in [-0.4, -0.2) is 80.3 Å². The van der Waals surface area contributed by atoms with Crippen LogP contribution in [-0.2, 0) is 52.4 Å². The Balaban J connectivity index is 0. The SMILES string of the molecule is CCCCCCCC(CCCCCCC)OC(=O)CCCC(CCCC(=O)OC(CCCCCCC)CCCCCCC)OS(C)(=O)=O.CCCCCCCC(CCCCCCC)OC(=O)CCCC(O)CCCC(=O)OC(CCCCCCC)CCCCCCC. The molecule has 0 aromatic rings. The Kier molecular flexibility index (Phi) is 69.9. The Morgan fingerprint density at radius 3 is 0.587 bits per heavy atom. The Morgan fingerprint density at radius 2 is 0.413 bits per heavy atom. The molecule has 13 heteroatoms. The summed E-state index contributed by atoms with van der Waals surface area (Å²) in [5.74, 6) is -0.662. The number of aliphatic hydroxyl groups excluding tert-OH is 1. The van der Waals surface area contributed by atoms with Crippen molar-refractivity contribution < 1.29 is 55.8 Å². The number of hydrogen-bond donors (Lipinski definition) is 1. The molecule has 0 aliphatic carbocycles. The lowest BCUT2D eigenvalue weighted by molar-refractivity contribution is -0.151. The van der Waals surface area contributed by atoms with E-state index in [4.69, 9.17) is 23.1 Å². The third-order valence-electron chi connectivity index (χ3n) is 18.2. The van der Waals surface area contributed by atoms with Gasteiger partial charge in [0.2, 0.25) is 0 Å². The topological polar surface area (TPSA) is 169 Å². The molecule has 0 aromatic carbocycles. The van der Waals surface area contributed by atoms with Crippen LogP contribution in [0.15, 0.2) is 0 Å². The van der Waals surface area contributed by atoms with Gasteiger partial charge in [-0.2, -0.15) is 8.42 Å². The minimum absolute atomic E-state index is 0.0358. The number of aliphatic hydroxyl groups is 1. The lowest BCUT2D eigenvalue weighted by atomic mass is 10.0. The van der Waals surface area contributed by atoms with E-state index in [1.165, 1.54) is 205 Å². The minimum Gasteiger partial charge on any atom is -0.462 e. The molecular formula is C79H154O12S. The molecule has 0 rings (SSSR count). The fraction of sp³-hybridized carbons (Fsp3) is 0.949. The largest absolute Gasteiger partial charge is 0.462 e. The molecule has 0 saturated carbocycles. The van der Waals surface area contributed by atoms with Crippen LogP contribution < -0.4 is 0 Å². The Morgan fingerprint density at radius 1 is 0.250 bits per heavy atom. The normalized spacial score (nSPS) is 11.8. The monoisotopic (exact) mass is 1330 g/mol. The van der Waals surface area contributed by atoms with Gasteiger partial charge in [-0.3, -0.25) is 23.4 Å². The summed E-state index contributed by atoms with van der Waals surface area (Å²) in [5.41, 5.74) is 0. The summed E-state index contributed by atoms with van der Waals surface area (Å²) in [4.78, 5) is 50.8. The zero-order chi connectivity index (χ0) is 68.2. The smallest absolute Gasteiger partial charge is 0.306 e. The van der Waals surface area contributed by atoms with E-state index in [1.807, 2.05) is 0 Å². The van der Waals surface area contributed by atoms with Crippen LogP contribution in [0.1, 0.15) is 441 Å². The summed E-state index contributed by atoms with van der Waals surface area (Å²) in [5, 5.41) is 10.5. The van der Waals surface area contributed by atoms with Crippen LogP contribution >= 0.6 is 0 Å². The minimum atomic E-state index is -3.66. The first-order chi connectivity index (χ1) is 44.6. The standard InChI is InChI=1S/C40H78O7S.C39H76O5/c1-6-10-14-18-22-28-36(29-23-19-15-11-7-2)45-39(41)34-26-32-38(47-48(5,43)44)33-27-35-40(42)46-37(30-24-20-16-12-8-3)31-25-21-17-13-9-4;1-5-9-13-17-21-29-36(30-22-18-14-10-6-2)43-38(41)33-25-27-35(40)28-26-34-39(42)44-37(31-23-19-15-11-7-3)32-24-20-16-12-8-4/h36-38H,6-35H2,1-5H3;35-37,40H,5-34H2,1-4H3. The predicted molar refractivity (Wildman–Crippen MR) is 388 cm³/mol. The van der Waals surface area contributed by atoms with E-state index < -0.39 is 22.3 Å². The van der Waals surface area contributed by atoms with Crippen molar-refractivity contribution >= 4 is 34.0 Å². The second kappa shape index (κ2) is 70.1. The van der Waals surface area contributed by atoms with Crippen molar-refractivity contribution in [1.29, 1.82) is 0 Å². The number of hydrogen-bond acceptors (Lipinski definition) is 12. The van der Waals surface area contributed by atoms with E-state index in [2.05, 4.69) is 55.4 Å². The maximum Gasteiger partial charge on any atom is 0.306 e. The summed E-state index contributed by atoms with van der Waals surface area (Å²) in [6.07, 6.45) is 61.3. The molecule has 0 fully saturated rings. The van der Waals surface area contributed by atoms with E-state index in [9.17, 15) is 32.7 Å². The summed E-state index contributed by atoms with van der Waals surface area (Å²) >= 11 is 0. The Labute approximate surface area is 570 Å². The van der Waals surface area contributed by atoms with E-state index in [1.54, 1.807) is 0 Å². The van der Waals surface area contributed by atoms with E-state index in [0.717, 1.165) is 109 Å². The second-order valence-corrected chi connectivity index (χ2v) is 29.3. The van der Waals surface area contributed by atoms with Gasteiger partial charge in [0.15, 0.2) is 0 Å². The molecule has 0 heterocycles. The third kappa shape index (κ3) is 67.7. The summed E-state index contributed by atoms with van der Waals surface area (Å²) < 4.78 is 53.0. The second-order valence-electron chi connectivity index (χ2n) is 27.7. The molecule has 0 atom stereocenters. The number of ether oxygens (including phenoxy) is 4. The molecule has 0 spiro atoms.